The molecule has 0 aromatic heterocycles. The predicted molar refractivity (Wildman–Crippen MR) is 74.7 cm³/mol. The number of halogens is 1. The third-order valence-corrected chi connectivity index (χ3v) is 3.29. The molecule has 5 heteroatoms. The summed E-state index contributed by atoms with van der Waals surface area (Å²) in [4.78, 5) is 13.0. The average Bonchev–Trinajstić information content (AvgIpc) is 2.45. The van der Waals surface area contributed by atoms with Gasteiger partial charge >= 0.3 is 0 Å². The SMILES string of the molecule is [2H]C1([2H])COCC(=O)N1c1ccc(CC[C@@H](O)CCl)cc1. The van der Waals surface area contributed by atoms with Gasteiger partial charge in [0.05, 0.1) is 15.5 Å². The van der Waals surface area contributed by atoms with Crippen LogP contribution in [0.3, 0.4) is 0 Å². The lowest BCUT2D eigenvalue weighted by atomic mass is 10.1. The first-order valence-electron chi connectivity index (χ1n) is 7.18. The molecule has 104 valence electrons. The van der Waals surface area contributed by atoms with E-state index in [0.29, 0.717) is 18.5 Å². The van der Waals surface area contributed by atoms with Crippen LogP contribution in [0.15, 0.2) is 24.3 Å². The lowest BCUT2D eigenvalue weighted by Gasteiger charge is -2.26. The van der Waals surface area contributed by atoms with Crippen LogP contribution in [0.25, 0.3) is 0 Å². The zero-order valence-corrected chi connectivity index (χ0v) is 11.3. The van der Waals surface area contributed by atoms with E-state index in [9.17, 15) is 9.90 Å². The van der Waals surface area contributed by atoms with Crippen LogP contribution in [0.5, 0.6) is 0 Å². The summed E-state index contributed by atoms with van der Waals surface area (Å²) < 4.78 is 20.7. The minimum Gasteiger partial charge on any atom is -0.392 e. The van der Waals surface area contributed by atoms with Gasteiger partial charge in [0.1, 0.15) is 6.61 Å². The van der Waals surface area contributed by atoms with Crippen LogP contribution in [0.1, 0.15) is 14.7 Å². The van der Waals surface area contributed by atoms with Crippen LogP contribution in [-0.2, 0) is 16.0 Å². The molecule has 2 rings (SSSR count). The molecule has 1 N–H and O–H groups in total. The molecule has 1 aliphatic rings. The van der Waals surface area contributed by atoms with Crippen LogP contribution < -0.4 is 4.90 Å². The van der Waals surface area contributed by atoms with Crippen molar-refractivity contribution in [3.05, 3.63) is 29.8 Å². The van der Waals surface area contributed by atoms with Gasteiger partial charge in [-0.25, -0.2) is 0 Å². The molecule has 0 bridgehead atoms. The van der Waals surface area contributed by atoms with Gasteiger partial charge in [-0.1, -0.05) is 12.1 Å². The smallest absolute Gasteiger partial charge is 0.253 e. The summed E-state index contributed by atoms with van der Waals surface area (Å²) in [6.07, 6.45) is 0.722. The molecule has 19 heavy (non-hydrogen) atoms. The first kappa shape index (κ1) is 11.7. The molecule has 0 unspecified atom stereocenters. The Morgan fingerprint density at radius 3 is 2.84 bits per heavy atom. The Bertz CT molecular complexity index is 495. The van der Waals surface area contributed by atoms with Crippen LogP contribution in [0.4, 0.5) is 5.69 Å². The number of aliphatic hydroxyl groups excluding tert-OH is 1. The van der Waals surface area contributed by atoms with Gasteiger partial charge in [-0.15, -0.1) is 11.6 Å². The summed E-state index contributed by atoms with van der Waals surface area (Å²) >= 11 is 5.54. The molecule has 0 spiro atoms. The van der Waals surface area contributed by atoms with Crippen molar-refractivity contribution in [3.63, 3.8) is 0 Å². The highest BCUT2D eigenvalue weighted by molar-refractivity contribution is 6.18. The third-order valence-electron chi connectivity index (χ3n) is 2.94. The van der Waals surface area contributed by atoms with E-state index in [1.807, 2.05) is 12.1 Å². The lowest BCUT2D eigenvalue weighted by molar-refractivity contribution is -0.125. The molecule has 1 fully saturated rings. The molecule has 1 saturated heterocycles. The summed E-state index contributed by atoms with van der Waals surface area (Å²) in [7, 11) is 0. The second-order valence-electron chi connectivity index (χ2n) is 4.39. The second-order valence-corrected chi connectivity index (χ2v) is 4.70. The Labute approximate surface area is 120 Å². The van der Waals surface area contributed by atoms with Crippen molar-refractivity contribution in [2.24, 2.45) is 0 Å². The Morgan fingerprint density at radius 1 is 1.47 bits per heavy atom. The van der Waals surface area contributed by atoms with Crippen molar-refractivity contribution in [2.45, 2.75) is 18.9 Å². The average molecular weight is 286 g/mol. The molecular formula is C14H18ClNO3. The molecule has 1 aliphatic heterocycles. The first-order valence-corrected chi connectivity index (χ1v) is 6.71. The number of carbonyl (C=O) groups excluding carboxylic acids is 1. The number of alkyl halides is 1. The number of anilines is 1. The zero-order valence-electron chi connectivity index (χ0n) is 12.5. The Kier molecular flexibility index (Phi) is 4.24. The van der Waals surface area contributed by atoms with E-state index in [1.165, 1.54) is 0 Å². The third kappa shape index (κ3) is 3.93. The Balaban J connectivity index is 2.09. The Hall–Kier alpha value is -1.10. The molecule has 1 amide bonds. The van der Waals surface area contributed by atoms with Crippen molar-refractivity contribution in [3.8, 4) is 0 Å². The van der Waals surface area contributed by atoms with Crippen LogP contribution in [0.2, 0.25) is 0 Å². The van der Waals surface area contributed by atoms with Crippen molar-refractivity contribution < 1.29 is 17.4 Å². The number of aryl methyl sites for hydroxylation is 1. The van der Waals surface area contributed by atoms with E-state index in [0.717, 1.165) is 10.5 Å². The number of amides is 1. The Morgan fingerprint density at radius 2 is 2.21 bits per heavy atom. The fourth-order valence-electron chi connectivity index (χ4n) is 1.86. The normalized spacial score (nSPS) is 21.8. The highest BCUT2D eigenvalue weighted by Crippen LogP contribution is 2.18. The quantitative estimate of drug-likeness (QED) is 0.836. The monoisotopic (exact) mass is 285 g/mol. The number of hydrogen-bond donors (Lipinski definition) is 1. The molecule has 0 radical (unpaired) electrons. The fourth-order valence-corrected chi connectivity index (χ4v) is 2.01. The van der Waals surface area contributed by atoms with E-state index in [-0.39, 0.29) is 19.1 Å². The summed E-state index contributed by atoms with van der Waals surface area (Å²) in [6.45, 7) is -2.09. The van der Waals surface area contributed by atoms with Gasteiger partial charge in [-0.2, -0.15) is 0 Å². The molecule has 1 aromatic carbocycles. The zero-order chi connectivity index (χ0) is 15.5. The van der Waals surface area contributed by atoms with E-state index in [2.05, 4.69) is 0 Å². The largest absolute Gasteiger partial charge is 0.392 e. The van der Waals surface area contributed by atoms with Crippen molar-refractivity contribution in [2.75, 3.05) is 30.5 Å². The summed E-state index contributed by atoms with van der Waals surface area (Å²) in [5.41, 5.74) is 1.51. The summed E-state index contributed by atoms with van der Waals surface area (Å²) in [5.74, 6) is -0.183. The summed E-state index contributed by atoms with van der Waals surface area (Å²) in [6, 6.07) is 7.08. The van der Waals surface area contributed by atoms with Gasteiger partial charge in [0.15, 0.2) is 0 Å². The minimum atomic E-state index is -1.84. The number of rotatable bonds is 5. The van der Waals surface area contributed by atoms with Gasteiger partial charge in [0, 0.05) is 18.1 Å². The topological polar surface area (TPSA) is 49.8 Å². The second kappa shape index (κ2) is 6.89. The molecule has 0 saturated carbocycles. The standard InChI is InChI=1S/C14H18ClNO3/c15-9-13(17)6-3-11-1-4-12(5-2-11)16-7-8-19-10-14(16)18/h1-2,4-5,13,17H,3,6-10H2/t13-/m1/s1/i7D2. The fraction of sp³-hybridized carbons (Fsp3) is 0.500. The number of benzene rings is 1. The van der Waals surface area contributed by atoms with E-state index in [4.69, 9.17) is 19.1 Å². The van der Waals surface area contributed by atoms with E-state index >= 15 is 0 Å². The van der Waals surface area contributed by atoms with Crippen LogP contribution >= 0.6 is 11.6 Å². The number of aliphatic hydroxyl groups is 1. The number of morpholine rings is 1. The van der Waals surface area contributed by atoms with Gasteiger partial charge < -0.3 is 14.7 Å². The van der Waals surface area contributed by atoms with Gasteiger partial charge in [0.2, 0.25) is 0 Å². The lowest BCUT2D eigenvalue weighted by Crippen LogP contribution is -2.41. The van der Waals surface area contributed by atoms with Gasteiger partial charge in [-0.05, 0) is 30.5 Å². The number of hydrogen-bond acceptors (Lipinski definition) is 3. The predicted octanol–water partition coefficient (Wildman–Crippen LogP) is 1.58. The summed E-state index contributed by atoms with van der Waals surface area (Å²) in [5, 5.41) is 9.43. The molecule has 1 atom stereocenters. The molecule has 4 nitrogen and oxygen atoms in total. The van der Waals surface area contributed by atoms with Crippen LogP contribution in [0, 0.1) is 0 Å². The van der Waals surface area contributed by atoms with Crippen molar-refractivity contribution in [1.29, 1.82) is 0 Å². The van der Waals surface area contributed by atoms with Gasteiger partial charge in [0.25, 0.3) is 5.91 Å². The van der Waals surface area contributed by atoms with Crippen LogP contribution in [-0.4, -0.2) is 42.7 Å². The number of ether oxygens (including phenoxy) is 1. The maximum atomic E-state index is 11.9. The van der Waals surface area contributed by atoms with Crippen molar-refractivity contribution >= 4 is 23.2 Å². The maximum Gasteiger partial charge on any atom is 0.253 e. The highest BCUT2D eigenvalue weighted by atomic mass is 35.5. The van der Waals surface area contributed by atoms with Gasteiger partial charge in [-0.3, -0.25) is 4.79 Å². The first-order chi connectivity index (χ1) is 9.94. The van der Waals surface area contributed by atoms with E-state index in [1.54, 1.807) is 12.1 Å². The minimum absolute atomic E-state index is 0.108. The number of carbonyl (C=O) groups is 1. The molecule has 1 heterocycles. The van der Waals surface area contributed by atoms with Crippen molar-refractivity contribution in [1.82, 2.24) is 0 Å². The molecular weight excluding hydrogens is 266 g/mol. The molecule has 1 aromatic rings. The highest BCUT2D eigenvalue weighted by Gasteiger charge is 2.19. The molecule has 0 aliphatic carbocycles. The van der Waals surface area contributed by atoms with E-state index < -0.39 is 18.5 Å². The maximum absolute atomic E-state index is 11.9. The number of nitrogens with zero attached hydrogens (tertiary/aromatic N) is 1.